The highest BCUT2D eigenvalue weighted by molar-refractivity contribution is 5.74. The summed E-state index contributed by atoms with van der Waals surface area (Å²) in [5.41, 5.74) is 1.35. The fraction of sp³-hybridized carbons (Fsp3) is 0.231. The fourth-order valence-corrected chi connectivity index (χ4v) is 2.42. The monoisotopic (exact) mass is 279 g/mol. The van der Waals surface area contributed by atoms with Crippen LogP contribution in [0.15, 0.2) is 24.5 Å². The number of hydrogen-bond acceptors (Lipinski definition) is 3. The van der Waals surface area contributed by atoms with Crippen molar-refractivity contribution in [2.45, 2.75) is 18.5 Å². The van der Waals surface area contributed by atoms with Crippen molar-refractivity contribution < 1.29 is 18.7 Å². The maximum absolute atomic E-state index is 13.9. The second-order valence-electron chi connectivity index (χ2n) is 4.63. The van der Waals surface area contributed by atoms with E-state index in [4.69, 9.17) is 5.11 Å². The molecule has 104 valence electrons. The molecule has 0 amide bonds. The molecule has 0 spiro atoms. The number of benzene rings is 1. The molecule has 0 fully saturated rings. The standard InChI is InChI=1S/C13H11F2N3O2/c14-6-1-2-7(8(15)3-6)11-12-9(16-5-17-12)4-10(18-11)13(19)20/h1-3,5,10-11,18H,4H2,(H,16,17)(H,19,20)/t10-,11+/m0/s1. The van der Waals surface area contributed by atoms with E-state index in [0.29, 0.717) is 11.4 Å². The number of carboxylic acid groups (broad SMARTS) is 1. The van der Waals surface area contributed by atoms with Gasteiger partial charge in [-0.1, -0.05) is 6.07 Å². The Kier molecular flexibility index (Phi) is 2.98. The Morgan fingerprint density at radius 2 is 2.20 bits per heavy atom. The van der Waals surface area contributed by atoms with E-state index in [0.717, 1.165) is 12.1 Å². The van der Waals surface area contributed by atoms with Crippen LogP contribution in [0.3, 0.4) is 0 Å². The van der Waals surface area contributed by atoms with Crippen LogP contribution >= 0.6 is 0 Å². The Balaban J connectivity index is 2.06. The van der Waals surface area contributed by atoms with Crippen LogP contribution in [0.5, 0.6) is 0 Å². The summed E-state index contributed by atoms with van der Waals surface area (Å²) in [5, 5.41) is 12.0. The molecule has 0 unspecified atom stereocenters. The number of halogens is 2. The highest BCUT2D eigenvalue weighted by Gasteiger charge is 2.34. The van der Waals surface area contributed by atoms with Gasteiger partial charge in [0, 0.05) is 23.7 Å². The zero-order valence-corrected chi connectivity index (χ0v) is 10.2. The Labute approximate surface area is 112 Å². The molecule has 0 aliphatic carbocycles. The number of aromatic amines is 1. The second kappa shape index (κ2) is 4.68. The summed E-state index contributed by atoms with van der Waals surface area (Å²) in [6.45, 7) is 0. The summed E-state index contributed by atoms with van der Waals surface area (Å²) in [5.74, 6) is -2.45. The zero-order valence-electron chi connectivity index (χ0n) is 10.2. The minimum Gasteiger partial charge on any atom is -0.480 e. The van der Waals surface area contributed by atoms with Crippen LogP contribution in [0.2, 0.25) is 0 Å². The summed E-state index contributed by atoms with van der Waals surface area (Å²) < 4.78 is 26.9. The van der Waals surface area contributed by atoms with E-state index in [-0.39, 0.29) is 12.0 Å². The molecule has 3 N–H and O–H groups in total. The lowest BCUT2D eigenvalue weighted by atomic mass is 9.93. The lowest BCUT2D eigenvalue weighted by molar-refractivity contribution is -0.139. The molecule has 0 radical (unpaired) electrons. The van der Waals surface area contributed by atoms with Gasteiger partial charge in [-0.3, -0.25) is 10.1 Å². The van der Waals surface area contributed by atoms with Gasteiger partial charge in [0.2, 0.25) is 0 Å². The number of hydrogen-bond donors (Lipinski definition) is 3. The third-order valence-corrected chi connectivity index (χ3v) is 3.37. The van der Waals surface area contributed by atoms with Crippen molar-refractivity contribution in [2.24, 2.45) is 0 Å². The van der Waals surface area contributed by atoms with Gasteiger partial charge < -0.3 is 10.1 Å². The van der Waals surface area contributed by atoms with Crippen LogP contribution in [0.25, 0.3) is 0 Å². The predicted octanol–water partition coefficient (Wildman–Crippen LogP) is 1.38. The molecule has 0 bridgehead atoms. The van der Waals surface area contributed by atoms with Gasteiger partial charge in [0.1, 0.15) is 17.7 Å². The molecule has 1 aliphatic rings. The van der Waals surface area contributed by atoms with E-state index in [1.165, 1.54) is 12.4 Å². The Morgan fingerprint density at radius 3 is 2.90 bits per heavy atom. The highest BCUT2D eigenvalue weighted by Crippen LogP contribution is 2.30. The van der Waals surface area contributed by atoms with Crippen molar-refractivity contribution in [3.63, 3.8) is 0 Å². The highest BCUT2D eigenvalue weighted by atomic mass is 19.1. The molecular formula is C13H11F2N3O2. The Morgan fingerprint density at radius 1 is 1.40 bits per heavy atom. The quantitative estimate of drug-likeness (QED) is 0.776. The number of fused-ring (bicyclic) bond motifs is 1. The van der Waals surface area contributed by atoms with Gasteiger partial charge in [0.15, 0.2) is 0 Å². The average molecular weight is 279 g/mol. The Bertz CT molecular complexity index is 671. The molecule has 7 heteroatoms. The van der Waals surface area contributed by atoms with Crippen LogP contribution in [0.4, 0.5) is 8.78 Å². The predicted molar refractivity (Wildman–Crippen MR) is 65.1 cm³/mol. The number of H-pyrrole nitrogens is 1. The van der Waals surface area contributed by atoms with Crippen molar-refractivity contribution >= 4 is 5.97 Å². The van der Waals surface area contributed by atoms with Crippen molar-refractivity contribution in [3.8, 4) is 0 Å². The van der Waals surface area contributed by atoms with Gasteiger partial charge in [-0.25, -0.2) is 13.8 Å². The number of carboxylic acids is 1. The minimum absolute atomic E-state index is 0.172. The first-order chi connectivity index (χ1) is 9.56. The summed E-state index contributed by atoms with van der Waals surface area (Å²) in [6, 6.07) is 1.64. The molecular weight excluding hydrogens is 268 g/mol. The van der Waals surface area contributed by atoms with E-state index < -0.39 is 29.7 Å². The number of nitrogens with one attached hydrogen (secondary N) is 2. The SMILES string of the molecule is O=C(O)[C@@H]1Cc2[nH]cnc2[C@@H](c2ccc(F)cc2F)N1. The summed E-state index contributed by atoms with van der Waals surface area (Å²) in [6.07, 6.45) is 1.68. The first-order valence-corrected chi connectivity index (χ1v) is 6.02. The maximum atomic E-state index is 13.9. The second-order valence-corrected chi connectivity index (χ2v) is 4.63. The molecule has 1 aromatic carbocycles. The molecule has 0 saturated carbocycles. The number of carbonyl (C=O) groups is 1. The molecule has 0 saturated heterocycles. The lowest BCUT2D eigenvalue weighted by Gasteiger charge is -2.28. The normalized spacial score (nSPS) is 21.5. The van der Waals surface area contributed by atoms with Crippen LogP contribution in [-0.4, -0.2) is 27.1 Å². The number of aliphatic carboxylic acids is 1. The largest absolute Gasteiger partial charge is 0.480 e. The van der Waals surface area contributed by atoms with Crippen LogP contribution in [0.1, 0.15) is 23.0 Å². The van der Waals surface area contributed by atoms with Crippen LogP contribution in [0, 0.1) is 11.6 Å². The zero-order chi connectivity index (χ0) is 14.3. The van der Waals surface area contributed by atoms with Gasteiger partial charge >= 0.3 is 5.97 Å². The number of nitrogens with zero attached hydrogens (tertiary/aromatic N) is 1. The van der Waals surface area contributed by atoms with Crippen molar-refractivity contribution in [1.29, 1.82) is 0 Å². The molecule has 20 heavy (non-hydrogen) atoms. The molecule has 1 aromatic heterocycles. The maximum Gasteiger partial charge on any atom is 0.321 e. The lowest BCUT2D eigenvalue weighted by Crippen LogP contribution is -2.45. The van der Waals surface area contributed by atoms with E-state index in [2.05, 4.69) is 15.3 Å². The van der Waals surface area contributed by atoms with Gasteiger partial charge in [-0.15, -0.1) is 0 Å². The van der Waals surface area contributed by atoms with Gasteiger partial charge in [-0.05, 0) is 6.07 Å². The molecule has 2 aromatic rings. The number of rotatable bonds is 2. The van der Waals surface area contributed by atoms with E-state index >= 15 is 0 Å². The fourth-order valence-electron chi connectivity index (χ4n) is 2.42. The van der Waals surface area contributed by atoms with Crippen molar-refractivity contribution in [3.05, 3.63) is 53.1 Å². The van der Waals surface area contributed by atoms with Crippen LogP contribution < -0.4 is 5.32 Å². The van der Waals surface area contributed by atoms with E-state index in [1.54, 1.807) is 0 Å². The van der Waals surface area contributed by atoms with Crippen molar-refractivity contribution in [1.82, 2.24) is 15.3 Å². The van der Waals surface area contributed by atoms with E-state index in [9.17, 15) is 13.6 Å². The Hall–Kier alpha value is -2.28. The van der Waals surface area contributed by atoms with Crippen LogP contribution in [-0.2, 0) is 11.2 Å². The summed E-state index contributed by atoms with van der Waals surface area (Å²) >= 11 is 0. The first kappa shape index (κ1) is 12.7. The first-order valence-electron chi connectivity index (χ1n) is 6.02. The molecule has 2 atom stereocenters. The van der Waals surface area contributed by atoms with Gasteiger partial charge in [0.25, 0.3) is 0 Å². The topological polar surface area (TPSA) is 78.0 Å². The van der Waals surface area contributed by atoms with E-state index in [1.807, 2.05) is 0 Å². The summed E-state index contributed by atoms with van der Waals surface area (Å²) in [7, 11) is 0. The van der Waals surface area contributed by atoms with Gasteiger partial charge in [-0.2, -0.15) is 0 Å². The molecule has 2 heterocycles. The molecule has 1 aliphatic heterocycles. The smallest absolute Gasteiger partial charge is 0.321 e. The average Bonchev–Trinajstić information content (AvgIpc) is 2.86. The van der Waals surface area contributed by atoms with Crippen molar-refractivity contribution in [2.75, 3.05) is 0 Å². The third-order valence-electron chi connectivity index (χ3n) is 3.37. The number of imidazole rings is 1. The number of aromatic nitrogens is 2. The molecule has 5 nitrogen and oxygen atoms in total. The third kappa shape index (κ3) is 2.05. The molecule has 3 rings (SSSR count). The summed E-state index contributed by atoms with van der Waals surface area (Å²) in [4.78, 5) is 18.1. The van der Waals surface area contributed by atoms with Gasteiger partial charge in [0.05, 0.1) is 18.1 Å². The minimum atomic E-state index is -1.03.